The zero-order chi connectivity index (χ0) is 14.9. The van der Waals surface area contributed by atoms with E-state index in [2.05, 4.69) is 0 Å². The summed E-state index contributed by atoms with van der Waals surface area (Å²) >= 11 is 0. The van der Waals surface area contributed by atoms with E-state index in [1.807, 2.05) is 30.3 Å². The van der Waals surface area contributed by atoms with Crippen molar-refractivity contribution in [2.24, 2.45) is 23.7 Å². The monoisotopic (exact) mass is 299 g/mol. The largest absolute Gasteiger partial charge is 0.347 e. The summed E-state index contributed by atoms with van der Waals surface area (Å²) in [5, 5.41) is 0. The molecule has 2 aliphatic heterocycles. The summed E-state index contributed by atoms with van der Waals surface area (Å²) < 4.78 is 11.7. The highest BCUT2D eigenvalue weighted by molar-refractivity contribution is 6.22. The van der Waals surface area contributed by atoms with Crippen LogP contribution in [0.4, 0.5) is 5.69 Å². The molecule has 5 heteroatoms. The molecule has 2 bridgehead atoms. The quantitative estimate of drug-likeness (QED) is 0.739. The molecule has 2 heterocycles. The summed E-state index contributed by atoms with van der Waals surface area (Å²) in [6, 6.07) is 9.22. The summed E-state index contributed by atoms with van der Waals surface area (Å²) in [5.74, 6) is -0.948. The second-order valence-electron chi connectivity index (χ2n) is 6.71. The molecule has 22 heavy (non-hydrogen) atoms. The predicted octanol–water partition coefficient (Wildman–Crippen LogP) is 1.58. The van der Waals surface area contributed by atoms with Crippen LogP contribution < -0.4 is 4.90 Å². The lowest BCUT2D eigenvalue weighted by atomic mass is 9.77. The topological polar surface area (TPSA) is 55.8 Å². The SMILES string of the molecule is O=C1[C@H]2[C@@H]3C[C@H]([C@H]2C(=O)N1c1ccccc1)C1(C3)OCCO1. The Hall–Kier alpha value is -1.72. The van der Waals surface area contributed by atoms with Gasteiger partial charge in [0.15, 0.2) is 5.79 Å². The van der Waals surface area contributed by atoms with Crippen molar-refractivity contribution in [1.29, 1.82) is 0 Å². The number of imide groups is 1. The van der Waals surface area contributed by atoms with Crippen molar-refractivity contribution >= 4 is 17.5 Å². The summed E-state index contributed by atoms with van der Waals surface area (Å²) in [6.45, 7) is 1.18. The lowest BCUT2D eigenvalue weighted by Crippen LogP contribution is -2.45. The summed E-state index contributed by atoms with van der Waals surface area (Å²) in [5.41, 5.74) is 0.675. The van der Waals surface area contributed by atoms with Crippen LogP contribution in [0.5, 0.6) is 0 Å². The van der Waals surface area contributed by atoms with Gasteiger partial charge in [-0.25, -0.2) is 0 Å². The van der Waals surface area contributed by atoms with Crippen LogP contribution in [0.3, 0.4) is 0 Å². The fourth-order valence-corrected chi connectivity index (χ4v) is 5.06. The first-order chi connectivity index (χ1) is 10.7. The highest BCUT2D eigenvalue weighted by Crippen LogP contribution is 2.62. The first kappa shape index (κ1) is 12.8. The number of benzene rings is 1. The second-order valence-corrected chi connectivity index (χ2v) is 6.71. The van der Waals surface area contributed by atoms with Gasteiger partial charge in [0.2, 0.25) is 11.8 Å². The molecule has 2 saturated heterocycles. The maximum Gasteiger partial charge on any atom is 0.238 e. The van der Waals surface area contributed by atoms with Gasteiger partial charge >= 0.3 is 0 Å². The minimum Gasteiger partial charge on any atom is -0.347 e. The molecule has 0 unspecified atom stereocenters. The Labute approximate surface area is 128 Å². The molecule has 4 aliphatic rings. The Morgan fingerprint density at radius 1 is 1.00 bits per heavy atom. The number of carbonyl (C=O) groups is 2. The van der Waals surface area contributed by atoms with E-state index in [1.165, 1.54) is 4.90 Å². The average molecular weight is 299 g/mol. The molecule has 5 rings (SSSR count). The predicted molar refractivity (Wildman–Crippen MR) is 76.8 cm³/mol. The number of ether oxygens (including phenoxy) is 2. The van der Waals surface area contributed by atoms with E-state index in [0.29, 0.717) is 18.9 Å². The number of para-hydroxylation sites is 1. The molecule has 2 saturated carbocycles. The van der Waals surface area contributed by atoms with Gasteiger partial charge < -0.3 is 9.47 Å². The Morgan fingerprint density at radius 2 is 1.68 bits per heavy atom. The Bertz CT molecular complexity index is 652. The van der Waals surface area contributed by atoms with Crippen molar-refractivity contribution in [2.45, 2.75) is 18.6 Å². The number of amides is 2. The second kappa shape index (κ2) is 4.18. The number of carbonyl (C=O) groups excluding carboxylic acids is 2. The molecular formula is C17H17NO4. The van der Waals surface area contributed by atoms with Gasteiger partial charge in [0.25, 0.3) is 0 Å². The lowest BCUT2D eigenvalue weighted by Gasteiger charge is -2.36. The standard InChI is InChI=1S/C17H17NO4/c19-15-13-10-8-12(17(9-10)21-6-7-22-17)14(13)16(20)18(15)11-4-2-1-3-5-11/h1-5,10,12-14H,6-9H2/t10-,12-,13+,14-/m1/s1. The van der Waals surface area contributed by atoms with Gasteiger partial charge in [-0.05, 0) is 24.5 Å². The molecule has 1 aromatic carbocycles. The van der Waals surface area contributed by atoms with Gasteiger partial charge in [0.1, 0.15) is 0 Å². The van der Waals surface area contributed by atoms with Crippen LogP contribution in [-0.4, -0.2) is 30.8 Å². The Morgan fingerprint density at radius 3 is 2.41 bits per heavy atom. The molecule has 5 nitrogen and oxygen atoms in total. The van der Waals surface area contributed by atoms with Crippen molar-refractivity contribution < 1.29 is 19.1 Å². The van der Waals surface area contributed by atoms with E-state index >= 15 is 0 Å². The molecule has 0 N–H and O–H groups in total. The third kappa shape index (κ3) is 1.41. The van der Waals surface area contributed by atoms with Crippen molar-refractivity contribution in [3.8, 4) is 0 Å². The molecule has 4 atom stereocenters. The maximum atomic E-state index is 12.9. The van der Waals surface area contributed by atoms with Crippen LogP contribution in [0.25, 0.3) is 0 Å². The number of rotatable bonds is 1. The van der Waals surface area contributed by atoms with Crippen LogP contribution in [0.1, 0.15) is 12.8 Å². The smallest absolute Gasteiger partial charge is 0.238 e. The molecule has 2 aliphatic carbocycles. The number of hydrogen-bond acceptors (Lipinski definition) is 4. The number of anilines is 1. The van der Waals surface area contributed by atoms with Gasteiger partial charge in [0.05, 0.1) is 30.7 Å². The van der Waals surface area contributed by atoms with E-state index in [-0.39, 0.29) is 35.5 Å². The molecule has 0 radical (unpaired) electrons. The third-order valence-electron chi connectivity index (χ3n) is 5.80. The minimum absolute atomic E-state index is 0.0233. The van der Waals surface area contributed by atoms with E-state index in [4.69, 9.17) is 9.47 Å². The zero-order valence-corrected chi connectivity index (χ0v) is 12.1. The first-order valence-electron chi connectivity index (χ1n) is 7.92. The number of hydrogen-bond donors (Lipinski definition) is 0. The van der Waals surface area contributed by atoms with E-state index < -0.39 is 5.79 Å². The van der Waals surface area contributed by atoms with Gasteiger partial charge in [-0.1, -0.05) is 18.2 Å². The highest BCUT2D eigenvalue weighted by atomic mass is 16.7. The van der Waals surface area contributed by atoms with Crippen molar-refractivity contribution in [1.82, 2.24) is 0 Å². The van der Waals surface area contributed by atoms with E-state index in [0.717, 1.165) is 12.8 Å². The number of fused-ring (bicyclic) bond motifs is 6. The Kier molecular flexibility index (Phi) is 2.43. The average Bonchev–Trinajstić information content (AvgIpc) is 3.26. The number of nitrogens with zero attached hydrogens (tertiary/aromatic N) is 1. The van der Waals surface area contributed by atoms with Crippen LogP contribution in [0, 0.1) is 23.7 Å². The molecule has 2 amide bonds. The van der Waals surface area contributed by atoms with Crippen molar-refractivity contribution in [3.63, 3.8) is 0 Å². The first-order valence-corrected chi connectivity index (χ1v) is 7.92. The summed E-state index contributed by atoms with van der Waals surface area (Å²) in [4.78, 5) is 27.1. The molecule has 1 spiro atoms. The van der Waals surface area contributed by atoms with Gasteiger partial charge in [0, 0.05) is 12.3 Å². The van der Waals surface area contributed by atoms with Crippen molar-refractivity contribution in [2.75, 3.05) is 18.1 Å². The van der Waals surface area contributed by atoms with Crippen LogP contribution in [0.2, 0.25) is 0 Å². The van der Waals surface area contributed by atoms with Crippen LogP contribution in [0.15, 0.2) is 30.3 Å². The molecule has 4 fully saturated rings. The Balaban J connectivity index is 1.54. The summed E-state index contributed by atoms with van der Waals surface area (Å²) in [6.07, 6.45) is 1.62. The van der Waals surface area contributed by atoms with Gasteiger partial charge in [-0.2, -0.15) is 0 Å². The highest BCUT2D eigenvalue weighted by Gasteiger charge is 2.70. The minimum atomic E-state index is -0.603. The van der Waals surface area contributed by atoms with E-state index in [1.54, 1.807) is 0 Å². The lowest BCUT2D eigenvalue weighted by molar-refractivity contribution is -0.205. The zero-order valence-electron chi connectivity index (χ0n) is 12.1. The van der Waals surface area contributed by atoms with Crippen LogP contribution in [-0.2, 0) is 19.1 Å². The van der Waals surface area contributed by atoms with E-state index in [9.17, 15) is 9.59 Å². The molecular weight excluding hydrogens is 282 g/mol. The molecule has 1 aromatic rings. The molecule has 0 aromatic heterocycles. The fraction of sp³-hybridized carbons (Fsp3) is 0.529. The van der Waals surface area contributed by atoms with Gasteiger partial charge in [-0.15, -0.1) is 0 Å². The maximum absolute atomic E-state index is 12.9. The van der Waals surface area contributed by atoms with Crippen molar-refractivity contribution in [3.05, 3.63) is 30.3 Å². The normalized spacial score (nSPS) is 38.3. The van der Waals surface area contributed by atoms with Gasteiger partial charge in [-0.3, -0.25) is 14.5 Å². The summed E-state index contributed by atoms with van der Waals surface area (Å²) in [7, 11) is 0. The van der Waals surface area contributed by atoms with Crippen LogP contribution >= 0.6 is 0 Å². The fourth-order valence-electron chi connectivity index (χ4n) is 5.06. The third-order valence-corrected chi connectivity index (χ3v) is 5.80. The molecule has 114 valence electrons.